The van der Waals surface area contributed by atoms with Crippen molar-refractivity contribution in [1.82, 2.24) is 0 Å². The van der Waals surface area contributed by atoms with Crippen LogP contribution in [0, 0.1) is 13.7 Å². The Kier molecular flexibility index (Phi) is 5.02. The summed E-state index contributed by atoms with van der Waals surface area (Å²) in [6.45, 7) is 0. The molecule has 8 heteroatoms. The zero-order valence-electron chi connectivity index (χ0n) is 10.3. The lowest BCUT2D eigenvalue weighted by atomic mass is 10.2. The lowest BCUT2D eigenvalue weighted by Crippen LogP contribution is -2.13. The predicted octanol–water partition coefficient (Wildman–Crippen LogP) is 4.76. The third-order valence-corrected chi connectivity index (χ3v) is 4.04. The van der Waals surface area contributed by atoms with Crippen LogP contribution in [0.15, 0.2) is 36.4 Å². The van der Waals surface area contributed by atoms with E-state index >= 15 is 0 Å². The highest BCUT2D eigenvalue weighted by molar-refractivity contribution is 14.1. The van der Waals surface area contributed by atoms with Crippen molar-refractivity contribution in [2.45, 2.75) is 0 Å². The largest absolute Gasteiger partial charge is 0.321 e. The number of nitro benzene ring substituents is 1. The molecule has 2 aromatic rings. The Morgan fingerprint density at radius 1 is 1.19 bits per heavy atom. The van der Waals surface area contributed by atoms with Crippen LogP contribution in [0.5, 0.6) is 0 Å². The van der Waals surface area contributed by atoms with Gasteiger partial charge in [0.2, 0.25) is 0 Å². The molecule has 0 radical (unpaired) electrons. The molecular formula is C13H7Cl2IN2O3. The second kappa shape index (κ2) is 6.59. The van der Waals surface area contributed by atoms with Crippen molar-refractivity contribution >= 4 is 63.1 Å². The molecule has 0 saturated heterocycles. The van der Waals surface area contributed by atoms with Crippen LogP contribution in [0.1, 0.15) is 10.4 Å². The van der Waals surface area contributed by atoms with Crippen LogP contribution in [0.3, 0.4) is 0 Å². The molecule has 0 heterocycles. The van der Waals surface area contributed by atoms with E-state index in [0.717, 1.165) is 9.64 Å². The summed E-state index contributed by atoms with van der Waals surface area (Å²) in [5.74, 6) is -0.524. The van der Waals surface area contributed by atoms with Crippen molar-refractivity contribution < 1.29 is 9.72 Å². The molecule has 1 N–H and O–H groups in total. The van der Waals surface area contributed by atoms with Crippen LogP contribution >= 0.6 is 45.8 Å². The number of hydrogen-bond donors (Lipinski definition) is 1. The number of anilines is 1. The van der Waals surface area contributed by atoms with Crippen LogP contribution < -0.4 is 5.32 Å². The number of halogens is 3. The fraction of sp³-hybridized carbons (Fsp3) is 0. The van der Waals surface area contributed by atoms with Gasteiger partial charge in [0.1, 0.15) is 0 Å². The van der Waals surface area contributed by atoms with Crippen LogP contribution in [0.2, 0.25) is 10.0 Å². The Morgan fingerprint density at radius 2 is 1.90 bits per heavy atom. The number of nitrogens with one attached hydrogen (secondary N) is 1. The normalized spacial score (nSPS) is 10.2. The van der Waals surface area contributed by atoms with Crippen molar-refractivity contribution in [1.29, 1.82) is 0 Å². The average molecular weight is 437 g/mol. The maximum absolute atomic E-state index is 12.2. The number of nitrogens with zero attached hydrogens (tertiary/aromatic N) is 1. The quantitative estimate of drug-likeness (QED) is 0.428. The molecule has 0 aromatic heterocycles. The number of carbonyl (C=O) groups excluding carboxylic acids is 1. The Morgan fingerprint density at radius 3 is 2.52 bits per heavy atom. The summed E-state index contributed by atoms with van der Waals surface area (Å²) in [6.07, 6.45) is 0. The number of rotatable bonds is 3. The lowest BCUT2D eigenvalue weighted by molar-refractivity contribution is -0.384. The van der Waals surface area contributed by atoms with Crippen molar-refractivity contribution in [2.75, 3.05) is 5.32 Å². The van der Waals surface area contributed by atoms with Gasteiger partial charge in [-0.3, -0.25) is 14.9 Å². The van der Waals surface area contributed by atoms with Crippen molar-refractivity contribution in [3.8, 4) is 0 Å². The standard InChI is InChI=1S/C13H7Cl2IN2O3/c14-7-1-4-12(11(16)5-7)17-13(19)9-6-8(18(20)21)2-3-10(9)15/h1-6H,(H,17,19). The highest BCUT2D eigenvalue weighted by Crippen LogP contribution is 2.26. The molecule has 21 heavy (non-hydrogen) atoms. The van der Waals surface area contributed by atoms with Gasteiger partial charge in [0, 0.05) is 20.7 Å². The number of carbonyl (C=O) groups is 1. The van der Waals surface area contributed by atoms with E-state index in [1.54, 1.807) is 18.2 Å². The first-order valence-corrected chi connectivity index (χ1v) is 7.42. The third-order valence-electron chi connectivity index (χ3n) is 2.58. The highest BCUT2D eigenvalue weighted by atomic mass is 127. The van der Waals surface area contributed by atoms with E-state index < -0.39 is 10.8 Å². The summed E-state index contributed by atoms with van der Waals surface area (Å²) in [6, 6.07) is 8.67. The summed E-state index contributed by atoms with van der Waals surface area (Å²) >= 11 is 13.8. The summed E-state index contributed by atoms with van der Waals surface area (Å²) in [5.41, 5.74) is 0.388. The first-order chi connectivity index (χ1) is 9.88. The molecule has 0 saturated carbocycles. The number of hydrogen-bond acceptors (Lipinski definition) is 3. The van der Waals surface area contributed by atoms with Crippen molar-refractivity contribution in [2.24, 2.45) is 0 Å². The maximum Gasteiger partial charge on any atom is 0.270 e. The number of amides is 1. The second-order valence-electron chi connectivity index (χ2n) is 4.00. The Balaban J connectivity index is 2.32. The second-order valence-corrected chi connectivity index (χ2v) is 6.01. The lowest BCUT2D eigenvalue weighted by Gasteiger charge is -2.09. The van der Waals surface area contributed by atoms with Crippen LogP contribution in [0.4, 0.5) is 11.4 Å². The van der Waals surface area contributed by atoms with E-state index in [9.17, 15) is 14.9 Å². The molecule has 0 aliphatic heterocycles. The van der Waals surface area contributed by atoms with Gasteiger partial charge in [-0.1, -0.05) is 23.2 Å². The van der Waals surface area contributed by atoms with Gasteiger partial charge in [-0.25, -0.2) is 0 Å². The molecule has 0 aliphatic carbocycles. The van der Waals surface area contributed by atoms with Gasteiger partial charge in [-0.2, -0.15) is 0 Å². The molecule has 0 aliphatic rings. The van der Waals surface area contributed by atoms with Gasteiger partial charge in [-0.05, 0) is 46.9 Å². The zero-order valence-corrected chi connectivity index (χ0v) is 13.9. The first-order valence-electron chi connectivity index (χ1n) is 5.59. The number of nitro groups is 1. The SMILES string of the molecule is O=C(Nc1ccc(Cl)cc1I)c1cc([N+](=O)[O-])ccc1Cl. The molecular weight excluding hydrogens is 430 g/mol. The summed E-state index contributed by atoms with van der Waals surface area (Å²) in [5, 5.41) is 14.1. The monoisotopic (exact) mass is 436 g/mol. The fourth-order valence-corrected chi connectivity index (χ4v) is 2.79. The minimum Gasteiger partial charge on any atom is -0.321 e. The van der Waals surface area contributed by atoms with Gasteiger partial charge in [0.15, 0.2) is 0 Å². The van der Waals surface area contributed by atoms with E-state index in [1.165, 1.54) is 12.1 Å². The first kappa shape index (κ1) is 16.0. The smallest absolute Gasteiger partial charge is 0.270 e. The molecule has 0 fully saturated rings. The molecule has 108 valence electrons. The van der Waals surface area contributed by atoms with E-state index in [1.807, 2.05) is 22.6 Å². The Hall–Kier alpha value is -1.38. The number of non-ortho nitro benzene ring substituents is 1. The minimum absolute atomic E-state index is 0.0385. The average Bonchev–Trinajstić information content (AvgIpc) is 2.42. The molecule has 5 nitrogen and oxygen atoms in total. The molecule has 0 unspecified atom stereocenters. The van der Waals surface area contributed by atoms with E-state index in [0.29, 0.717) is 10.7 Å². The summed E-state index contributed by atoms with van der Waals surface area (Å²) in [7, 11) is 0. The molecule has 0 atom stereocenters. The molecule has 0 spiro atoms. The van der Waals surface area contributed by atoms with Crippen LogP contribution in [0.25, 0.3) is 0 Å². The van der Waals surface area contributed by atoms with E-state index in [-0.39, 0.29) is 16.3 Å². The van der Waals surface area contributed by atoms with Crippen molar-refractivity contribution in [3.63, 3.8) is 0 Å². The van der Waals surface area contributed by atoms with E-state index in [2.05, 4.69) is 5.32 Å². The van der Waals surface area contributed by atoms with Gasteiger partial charge in [-0.15, -0.1) is 0 Å². The predicted molar refractivity (Wildman–Crippen MR) is 90.2 cm³/mol. The minimum atomic E-state index is -0.584. The van der Waals surface area contributed by atoms with Gasteiger partial charge >= 0.3 is 0 Å². The summed E-state index contributed by atoms with van der Waals surface area (Å²) < 4.78 is 0.745. The van der Waals surface area contributed by atoms with Gasteiger partial charge in [0.05, 0.1) is 21.2 Å². The molecule has 2 rings (SSSR count). The van der Waals surface area contributed by atoms with Gasteiger partial charge < -0.3 is 5.32 Å². The molecule has 1 amide bonds. The van der Waals surface area contributed by atoms with Crippen LogP contribution in [-0.2, 0) is 0 Å². The highest BCUT2D eigenvalue weighted by Gasteiger charge is 2.16. The molecule has 0 bridgehead atoms. The zero-order chi connectivity index (χ0) is 15.6. The fourth-order valence-electron chi connectivity index (χ4n) is 1.58. The number of benzene rings is 2. The third kappa shape index (κ3) is 3.84. The molecule has 2 aromatic carbocycles. The Bertz CT molecular complexity index is 737. The van der Waals surface area contributed by atoms with Gasteiger partial charge in [0.25, 0.3) is 11.6 Å². The van der Waals surface area contributed by atoms with Crippen LogP contribution in [-0.4, -0.2) is 10.8 Å². The maximum atomic E-state index is 12.2. The Labute approximate surface area is 143 Å². The topological polar surface area (TPSA) is 72.2 Å². The summed E-state index contributed by atoms with van der Waals surface area (Å²) in [4.78, 5) is 22.4. The van der Waals surface area contributed by atoms with E-state index in [4.69, 9.17) is 23.2 Å². The van der Waals surface area contributed by atoms with Crippen molar-refractivity contribution in [3.05, 3.63) is 65.7 Å².